The average Bonchev–Trinajstić information content (AvgIpc) is 2.70. The molecule has 2 aromatic rings. The summed E-state index contributed by atoms with van der Waals surface area (Å²) in [4.78, 5) is 23.4. The molecule has 0 aliphatic heterocycles. The molecule has 1 amide bonds. The van der Waals surface area contributed by atoms with E-state index in [-0.39, 0.29) is 11.3 Å². The highest BCUT2D eigenvalue weighted by Gasteiger charge is 2.25. The summed E-state index contributed by atoms with van der Waals surface area (Å²) in [5.74, 6) is -0.758. The van der Waals surface area contributed by atoms with Gasteiger partial charge in [0.1, 0.15) is 6.04 Å². The first kappa shape index (κ1) is 24.2. The maximum atomic E-state index is 12.7. The van der Waals surface area contributed by atoms with Crippen LogP contribution in [0.5, 0.6) is 0 Å². The standard InChI is InChI=1S/C20H23ClN2O5S2/c1-29-13-12-18(23-30(27,28)17-9-5-15(21)6-10-17)20(26)22-16-7-2-14(3-8-16)4-11-19(24)25/h2-3,5-10,18,23H,4,11-13H2,1H3,(H,22,26)(H,24,25)/t18-/m0/s1. The van der Waals surface area contributed by atoms with Crippen molar-refractivity contribution in [1.29, 1.82) is 0 Å². The van der Waals surface area contributed by atoms with Gasteiger partial charge in [-0.25, -0.2) is 8.42 Å². The number of thioether (sulfide) groups is 1. The predicted molar refractivity (Wildman–Crippen MR) is 120 cm³/mol. The van der Waals surface area contributed by atoms with Crippen LogP contribution in [0.25, 0.3) is 0 Å². The number of nitrogens with one attached hydrogen (secondary N) is 2. The van der Waals surface area contributed by atoms with Crippen LogP contribution in [-0.4, -0.2) is 43.5 Å². The Morgan fingerprint density at radius 3 is 2.30 bits per heavy atom. The van der Waals surface area contributed by atoms with Gasteiger partial charge in [-0.1, -0.05) is 23.7 Å². The third kappa shape index (κ3) is 7.64. The van der Waals surface area contributed by atoms with Crippen molar-refractivity contribution in [1.82, 2.24) is 4.72 Å². The van der Waals surface area contributed by atoms with Crippen LogP contribution < -0.4 is 10.0 Å². The number of carboxylic acids is 1. The number of carbonyl (C=O) groups is 2. The second-order valence-corrected chi connectivity index (χ2v) is 9.63. The van der Waals surface area contributed by atoms with Crippen LogP contribution in [-0.2, 0) is 26.0 Å². The van der Waals surface area contributed by atoms with Gasteiger partial charge in [-0.3, -0.25) is 9.59 Å². The van der Waals surface area contributed by atoms with Crippen molar-refractivity contribution in [2.45, 2.75) is 30.2 Å². The summed E-state index contributed by atoms with van der Waals surface area (Å²) in [6.45, 7) is 0. The number of hydrogen-bond donors (Lipinski definition) is 3. The number of hydrogen-bond acceptors (Lipinski definition) is 5. The molecule has 3 N–H and O–H groups in total. The number of sulfonamides is 1. The Bertz CT molecular complexity index is 964. The van der Waals surface area contributed by atoms with Crippen LogP contribution in [0.15, 0.2) is 53.4 Å². The van der Waals surface area contributed by atoms with Crippen LogP contribution in [0.4, 0.5) is 5.69 Å². The van der Waals surface area contributed by atoms with Crippen molar-refractivity contribution in [2.75, 3.05) is 17.3 Å². The van der Waals surface area contributed by atoms with Gasteiger partial charge in [0.2, 0.25) is 15.9 Å². The van der Waals surface area contributed by atoms with Crippen molar-refractivity contribution in [2.24, 2.45) is 0 Å². The van der Waals surface area contributed by atoms with Crippen molar-refractivity contribution >= 4 is 50.9 Å². The Morgan fingerprint density at radius 1 is 1.10 bits per heavy atom. The van der Waals surface area contributed by atoms with E-state index in [1.807, 2.05) is 6.26 Å². The zero-order valence-electron chi connectivity index (χ0n) is 16.3. The second-order valence-electron chi connectivity index (χ2n) is 6.49. The number of amides is 1. The number of halogens is 1. The molecule has 0 aromatic heterocycles. The van der Waals surface area contributed by atoms with Gasteiger partial charge in [0.05, 0.1) is 4.90 Å². The summed E-state index contributed by atoms with van der Waals surface area (Å²) < 4.78 is 27.8. The minimum absolute atomic E-state index is 0.0228. The van der Waals surface area contributed by atoms with Gasteiger partial charge < -0.3 is 10.4 Å². The molecular weight excluding hydrogens is 448 g/mol. The zero-order valence-corrected chi connectivity index (χ0v) is 18.7. The molecule has 0 fully saturated rings. The molecule has 0 heterocycles. The van der Waals surface area contributed by atoms with E-state index >= 15 is 0 Å². The Labute approximate surface area is 185 Å². The molecule has 0 saturated heterocycles. The molecule has 30 heavy (non-hydrogen) atoms. The first-order valence-electron chi connectivity index (χ1n) is 9.09. The van der Waals surface area contributed by atoms with Crippen LogP contribution in [0, 0.1) is 0 Å². The number of aryl methyl sites for hydroxylation is 1. The molecule has 2 rings (SSSR count). The van der Waals surface area contributed by atoms with Crippen molar-refractivity contribution < 1.29 is 23.1 Å². The molecule has 162 valence electrons. The molecule has 0 spiro atoms. The quantitative estimate of drug-likeness (QED) is 0.464. The summed E-state index contributed by atoms with van der Waals surface area (Å²) in [5, 5.41) is 11.9. The molecule has 2 aromatic carbocycles. The lowest BCUT2D eigenvalue weighted by molar-refractivity contribution is -0.137. The lowest BCUT2D eigenvalue weighted by atomic mass is 10.1. The molecule has 0 aliphatic carbocycles. The van der Waals surface area contributed by atoms with Crippen LogP contribution in [0.1, 0.15) is 18.4 Å². The highest BCUT2D eigenvalue weighted by molar-refractivity contribution is 7.98. The van der Waals surface area contributed by atoms with E-state index in [9.17, 15) is 18.0 Å². The largest absolute Gasteiger partial charge is 0.481 e. The SMILES string of the molecule is CSCC[C@H](NS(=O)(=O)c1ccc(Cl)cc1)C(=O)Nc1ccc(CCC(=O)O)cc1. The second kappa shape index (κ2) is 11.4. The topological polar surface area (TPSA) is 113 Å². The minimum Gasteiger partial charge on any atom is -0.481 e. The maximum absolute atomic E-state index is 12.7. The molecule has 0 saturated carbocycles. The van der Waals surface area contributed by atoms with E-state index in [0.29, 0.717) is 29.3 Å². The highest BCUT2D eigenvalue weighted by atomic mass is 35.5. The highest BCUT2D eigenvalue weighted by Crippen LogP contribution is 2.16. The monoisotopic (exact) mass is 470 g/mol. The number of carboxylic acid groups (broad SMARTS) is 1. The average molecular weight is 471 g/mol. The molecule has 0 radical (unpaired) electrons. The minimum atomic E-state index is -3.90. The Balaban J connectivity index is 2.09. The van der Waals surface area contributed by atoms with E-state index in [4.69, 9.17) is 16.7 Å². The van der Waals surface area contributed by atoms with Crippen molar-refractivity contribution in [3.63, 3.8) is 0 Å². The summed E-state index contributed by atoms with van der Waals surface area (Å²) in [7, 11) is -3.90. The number of aliphatic carboxylic acids is 1. The van der Waals surface area contributed by atoms with E-state index < -0.39 is 27.9 Å². The predicted octanol–water partition coefficient (Wildman–Crippen LogP) is 3.40. The Morgan fingerprint density at radius 2 is 1.73 bits per heavy atom. The third-order valence-corrected chi connectivity index (χ3v) is 6.58. The molecule has 1 atom stereocenters. The number of anilines is 1. The molecule has 7 nitrogen and oxygen atoms in total. The van der Waals surface area contributed by atoms with E-state index in [0.717, 1.165) is 5.56 Å². The summed E-state index contributed by atoms with van der Waals surface area (Å²) in [5.41, 5.74) is 1.33. The van der Waals surface area contributed by atoms with Gasteiger partial charge in [-0.05, 0) is 66.8 Å². The fourth-order valence-corrected chi connectivity index (χ4v) is 4.41. The fourth-order valence-electron chi connectivity index (χ4n) is 2.58. The van der Waals surface area contributed by atoms with Crippen LogP contribution >= 0.6 is 23.4 Å². The maximum Gasteiger partial charge on any atom is 0.303 e. The smallest absolute Gasteiger partial charge is 0.303 e. The number of rotatable bonds is 11. The molecule has 0 unspecified atom stereocenters. The van der Waals surface area contributed by atoms with E-state index in [2.05, 4.69) is 10.0 Å². The van der Waals surface area contributed by atoms with E-state index in [1.165, 1.54) is 36.0 Å². The van der Waals surface area contributed by atoms with Gasteiger partial charge in [0.15, 0.2) is 0 Å². The molecule has 0 aliphatic rings. The number of benzene rings is 2. The summed E-state index contributed by atoms with van der Waals surface area (Å²) >= 11 is 7.32. The van der Waals surface area contributed by atoms with E-state index in [1.54, 1.807) is 24.3 Å². The fraction of sp³-hybridized carbons (Fsp3) is 0.300. The van der Waals surface area contributed by atoms with Crippen LogP contribution in [0.2, 0.25) is 5.02 Å². The van der Waals surface area contributed by atoms with Crippen molar-refractivity contribution in [3.05, 3.63) is 59.1 Å². The van der Waals surface area contributed by atoms with Crippen molar-refractivity contribution in [3.8, 4) is 0 Å². The lowest BCUT2D eigenvalue weighted by Gasteiger charge is -2.18. The zero-order chi connectivity index (χ0) is 22.1. The van der Waals surface area contributed by atoms with Crippen LogP contribution in [0.3, 0.4) is 0 Å². The Hall–Kier alpha value is -2.07. The van der Waals surface area contributed by atoms with Gasteiger partial charge >= 0.3 is 5.97 Å². The molecule has 0 bridgehead atoms. The van der Waals surface area contributed by atoms with Gasteiger partial charge in [0, 0.05) is 17.1 Å². The van der Waals surface area contributed by atoms with Gasteiger partial charge in [-0.15, -0.1) is 0 Å². The van der Waals surface area contributed by atoms with Gasteiger partial charge in [-0.2, -0.15) is 16.5 Å². The third-order valence-electron chi connectivity index (χ3n) is 4.20. The molecular formula is C20H23ClN2O5S2. The van der Waals surface area contributed by atoms with Gasteiger partial charge in [0.25, 0.3) is 0 Å². The number of carbonyl (C=O) groups excluding carboxylic acids is 1. The summed E-state index contributed by atoms with van der Waals surface area (Å²) in [6, 6.07) is 11.5. The normalized spacial score (nSPS) is 12.3. The lowest BCUT2D eigenvalue weighted by Crippen LogP contribution is -2.44. The first-order chi connectivity index (χ1) is 14.2. The first-order valence-corrected chi connectivity index (χ1v) is 12.3. The Kier molecular flexibility index (Phi) is 9.16. The molecule has 10 heteroatoms. The summed E-state index contributed by atoms with van der Waals surface area (Å²) in [6.07, 6.45) is 2.60.